The average Bonchev–Trinajstić information content (AvgIpc) is 3.12. The van der Waals surface area contributed by atoms with E-state index in [1.54, 1.807) is 12.1 Å². The summed E-state index contributed by atoms with van der Waals surface area (Å²) in [4.78, 5) is 0. The minimum absolute atomic E-state index is 0.0953. The molecule has 0 aromatic heterocycles. The van der Waals surface area contributed by atoms with E-state index in [2.05, 4.69) is 31.8 Å². The van der Waals surface area contributed by atoms with Gasteiger partial charge in [0.2, 0.25) is 0 Å². The lowest BCUT2D eigenvalue weighted by molar-refractivity contribution is -0.0826. The van der Waals surface area contributed by atoms with Gasteiger partial charge in [-0.1, -0.05) is 37.3 Å². The molecule has 1 aromatic carbocycles. The molecule has 4 aliphatic carbocycles. The zero-order valence-corrected chi connectivity index (χ0v) is 19.7. The number of allylic oxidation sites excluding steroid dienone is 1. The highest BCUT2D eigenvalue weighted by atomic mass is 19.1. The summed E-state index contributed by atoms with van der Waals surface area (Å²) < 4.78 is 13.2. The van der Waals surface area contributed by atoms with E-state index >= 15 is 0 Å². The number of aliphatic hydroxyl groups is 2. The van der Waals surface area contributed by atoms with Crippen molar-refractivity contribution in [2.75, 3.05) is 0 Å². The van der Waals surface area contributed by atoms with Crippen LogP contribution in [0.2, 0.25) is 0 Å². The highest BCUT2D eigenvalue weighted by molar-refractivity contribution is 5.37. The predicted molar refractivity (Wildman–Crippen MR) is 125 cm³/mol. The van der Waals surface area contributed by atoms with Gasteiger partial charge >= 0.3 is 0 Å². The summed E-state index contributed by atoms with van der Waals surface area (Å²) in [6.45, 7) is 6.75. The minimum atomic E-state index is -1.06. The highest BCUT2D eigenvalue weighted by Crippen LogP contribution is 2.67. The largest absolute Gasteiger partial charge is 0.393 e. The number of rotatable bonds is 1. The van der Waals surface area contributed by atoms with E-state index in [9.17, 15) is 14.6 Å². The van der Waals surface area contributed by atoms with Gasteiger partial charge in [0.15, 0.2) is 0 Å². The molecule has 3 fully saturated rings. The van der Waals surface area contributed by atoms with Gasteiger partial charge in [0, 0.05) is 11.5 Å². The Morgan fingerprint density at radius 2 is 1.78 bits per heavy atom. The van der Waals surface area contributed by atoms with E-state index in [1.807, 2.05) is 6.92 Å². The Kier molecular flexibility index (Phi) is 5.34. The fourth-order valence-corrected chi connectivity index (χ4v) is 8.38. The molecule has 3 heteroatoms. The van der Waals surface area contributed by atoms with E-state index in [0.717, 1.165) is 44.1 Å². The van der Waals surface area contributed by atoms with Crippen molar-refractivity contribution in [3.8, 4) is 11.8 Å². The van der Waals surface area contributed by atoms with Crippen LogP contribution in [0.1, 0.15) is 77.7 Å². The summed E-state index contributed by atoms with van der Waals surface area (Å²) in [5, 5.41) is 21.7. The fraction of sp³-hybridized carbons (Fsp3) is 0.655. The Bertz CT molecular complexity index is 967. The third kappa shape index (κ3) is 3.46. The van der Waals surface area contributed by atoms with Crippen LogP contribution in [0.5, 0.6) is 0 Å². The summed E-state index contributed by atoms with van der Waals surface area (Å²) in [7, 11) is 0. The zero-order chi connectivity index (χ0) is 22.7. The molecule has 0 saturated heterocycles. The Hall–Kier alpha value is -1.63. The molecule has 0 aliphatic heterocycles. The molecule has 4 aliphatic rings. The molecule has 172 valence electrons. The Morgan fingerprint density at radius 1 is 1.03 bits per heavy atom. The first-order valence-corrected chi connectivity index (χ1v) is 12.5. The van der Waals surface area contributed by atoms with Crippen LogP contribution in [0.3, 0.4) is 0 Å². The maximum absolute atomic E-state index is 13.2. The lowest BCUT2D eigenvalue weighted by Crippen LogP contribution is -2.52. The standard InChI is InChI=1S/C29H37FO2/c1-27-15-13-22(31)18-20(27)6-9-23-24-10-11-26(28(24,2)16-14-25(23)27)29(3,32)17-12-19-4-7-21(30)8-5-19/h4-8,22-26,31-32H,9-11,13-16,18H2,1-3H3/t22-,23-,24-,25-,26-,27-,28-,29?/m0/s1. The maximum Gasteiger partial charge on any atom is 0.126 e. The van der Waals surface area contributed by atoms with Gasteiger partial charge < -0.3 is 10.2 Å². The molecule has 0 bridgehead atoms. The smallest absolute Gasteiger partial charge is 0.126 e. The third-order valence-electron chi connectivity index (χ3n) is 10.1. The summed E-state index contributed by atoms with van der Waals surface area (Å²) in [5.74, 6) is 8.14. The van der Waals surface area contributed by atoms with E-state index in [0.29, 0.717) is 17.8 Å². The van der Waals surface area contributed by atoms with Crippen molar-refractivity contribution in [2.24, 2.45) is 34.5 Å². The Balaban J connectivity index is 1.40. The molecule has 0 spiro atoms. The van der Waals surface area contributed by atoms with Gasteiger partial charge in [-0.15, -0.1) is 0 Å². The molecular formula is C29H37FO2. The van der Waals surface area contributed by atoms with Gasteiger partial charge in [-0.25, -0.2) is 4.39 Å². The number of fused-ring (bicyclic) bond motifs is 5. The van der Waals surface area contributed by atoms with Crippen LogP contribution in [0.15, 0.2) is 35.9 Å². The first-order chi connectivity index (χ1) is 15.1. The van der Waals surface area contributed by atoms with Crippen molar-refractivity contribution in [1.29, 1.82) is 0 Å². The van der Waals surface area contributed by atoms with Gasteiger partial charge in [0.05, 0.1) is 6.10 Å². The van der Waals surface area contributed by atoms with Crippen LogP contribution in [-0.2, 0) is 0 Å². The molecule has 0 radical (unpaired) electrons. The first kappa shape index (κ1) is 22.2. The molecule has 1 unspecified atom stereocenters. The van der Waals surface area contributed by atoms with Crippen molar-refractivity contribution >= 4 is 0 Å². The summed E-state index contributed by atoms with van der Waals surface area (Å²) >= 11 is 0. The maximum atomic E-state index is 13.2. The molecule has 0 heterocycles. The van der Waals surface area contributed by atoms with E-state index in [1.165, 1.54) is 30.5 Å². The van der Waals surface area contributed by atoms with Gasteiger partial charge in [-0.2, -0.15) is 0 Å². The van der Waals surface area contributed by atoms with E-state index in [-0.39, 0.29) is 28.7 Å². The number of hydrogen-bond acceptors (Lipinski definition) is 2. The van der Waals surface area contributed by atoms with Crippen molar-refractivity contribution < 1.29 is 14.6 Å². The van der Waals surface area contributed by atoms with Crippen molar-refractivity contribution in [2.45, 2.75) is 83.8 Å². The summed E-state index contributed by atoms with van der Waals surface area (Å²) in [5.41, 5.74) is 1.53. The highest BCUT2D eigenvalue weighted by Gasteiger charge is 2.61. The Labute approximate surface area is 192 Å². The molecule has 32 heavy (non-hydrogen) atoms. The van der Waals surface area contributed by atoms with Crippen molar-refractivity contribution in [1.82, 2.24) is 0 Å². The van der Waals surface area contributed by atoms with Crippen LogP contribution in [0, 0.1) is 52.2 Å². The molecule has 0 amide bonds. The number of aliphatic hydroxyl groups excluding tert-OH is 1. The molecular weight excluding hydrogens is 399 g/mol. The quantitative estimate of drug-likeness (QED) is 0.427. The number of halogens is 1. The van der Waals surface area contributed by atoms with Crippen molar-refractivity contribution in [3.05, 3.63) is 47.3 Å². The third-order valence-corrected chi connectivity index (χ3v) is 10.1. The van der Waals surface area contributed by atoms with Crippen LogP contribution >= 0.6 is 0 Å². The van der Waals surface area contributed by atoms with E-state index < -0.39 is 5.60 Å². The molecule has 3 saturated carbocycles. The zero-order valence-electron chi connectivity index (χ0n) is 19.7. The minimum Gasteiger partial charge on any atom is -0.393 e. The van der Waals surface area contributed by atoms with Gasteiger partial charge in [0.1, 0.15) is 11.4 Å². The monoisotopic (exact) mass is 436 g/mol. The first-order valence-electron chi connectivity index (χ1n) is 12.5. The van der Waals surface area contributed by atoms with Crippen molar-refractivity contribution in [3.63, 3.8) is 0 Å². The van der Waals surface area contributed by atoms with Gasteiger partial charge in [-0.3, -0.25) is 0 Å². The topological polar surface area (TPSA) is 40.5 Å². The van der Waals surface area contributed by atoms with Gasteiger partial charge in [-0.05, 0) is 111 Å². The van der Waals surface area contributed by atoms with Crippen LogP contribution in [-0.4, -0.2) is 21.9 Å². The summed E-state index contributed by atoms with van der Waals surface area (Å²) in [6, 6.07) is 6.19. The second kappa shape index (κ2) is 7.71. The van der Waals surface area contributed by atoms with Crippen LogP contribution in [0.4, 0.5) is 4.39 Å². The van der Waals surface area contributed by atoms with E-state index in [4.69, 9.17) is 0 Å². The number of hydrogen-bond donors (Lipinski definition) is 2. The SMILES string of the molecule is CC(O)(C#Cc1ccc(F)cc1)[C@H]1CC[C@H]2[C@@H]3CC=C4C[C@@H](O)CC[C@]4(C)[C@H]3CC[C@]12C. The second-order valence-corrected chi connectivity index (χ2v) is 11.7. The van der Waals surface area contributed by atoms with Crippen LogP contribution < -0.4 is 0 Å². The molecule has 8 atom stereocenters. The predicted octanol–water partition coefficient (Wildman–Crippen LogP) is 5.87. The van der Waals surface area contributed by atoms with Gasteiger partial charge in [0.25, 0.3) is 0 Å². The lowest BCUT2D eigenvalue weighted by atomic mass is 9.47. The normalized spacial score (nSPS) is 42.4. The van der Waals surface area contributed by atoms with Crippen LogP contribution in [0.25, 0.3) is 0 Å². The molecule has 2 nitrogen and oxygen atoms in total. The average molecular weight is 437 g/mol. The Morgan fingerprint density at radius 3 is 2.53 bits per heavy atom. The fourth-order valence-electron chi connectivity index (χ4n) is 8.38. The summed E-state index contributed by atoms with van der Waals surface area (Å²) in [6.07, 6.45) is 10.9. The molecule has 5 rings (SSSR count). The number of benzene rings is 1. The molecule has 1 aromatic rings. The second-order valence-electron chi connectivity index (χ2n) is 11.7. The molecule has 2 N–H and O–H groups in total. The lowest BCUT2D eigenvalue weighted by Gasteiger charge is -2.58.